The second-order valence-corrected chi connectivity index (χ2v) is 11.1. The van der Waals surface area contributed by atoms with Crippen molar-refractivity contribution in [3.8, 4) is 11.5 Å². The number of nitrogens with zero attached hydrogens (tertiary/aromatic N) is 2. The van der Waals surface area contributed by atoms with E-state index in [1.165, 1.54) is 4.90 Å². The van der Waals surface area contributed by atoms with Crippen molar-refractivity contribution < 1.29 is 33.3 Å². The minimum absolute atomic E-state index is 0.0996. The van der Waals surface area contributed by atoms with Crippen molar-refractivity contribution in [1.29, 1.82) is 0 Å². The van der Waals surface area contributed by atoms with E-state index in [0.717, 1.165) is 11.1 Å². The van der Waals surface area contributed by atoms with Gasteiger partial charge in [-0.05, 0) is 59.6 Å². The molecule has 1 spiro atoms. The number of ether oxygens (including phenoxy) is 4. The molecule has 5 rings (SSSR count). The molecule has 2 atom stereocenters. The number of Topliss-reactive ketones (excluding diaryl/α,β-unsaturated/α-hetero) is 1. The lowest BCUT2D eigenvalue weighted by Crippen LogP contribution is -2.65. The van der Waals surface area contributed by atoms with Gasteiger partial charge in [0.2, 0.25) is 6.79 Å². The molecule has 0 bridgehead atoms. The molecule has 9 heteroatoms. The summed E-state index contributed by atoms with van der Waals surface area (Å²) < 4.78 is 22.6. The van der Waals surface area contributed by atoms with Crippen molar-refractivity contribution in [2.75, 3.05) is 18.2 Å². The van der Waals surface area contributed by atoms with Gasteiger partial charge in [-0.3, -0.25) is 14.6 Å². The molecule has 182 valence electrons. The molecule has 0 saturated heterocycles. The van der Waals surface area contributed by atoms with Gasteiger partial charge in [0.25, 0.3) is 0 Å². The first-order chi connectivity index (χ1) is 15.8. The zero-order valence-electron chi connectivity index (χ0n) is 20.4. The van der Waals surface area contributed by atoms with E-state index in [1.54, 1.807) is 52.5 Å². The predicted molar refractivity (Wildman–Crippen MR) is 123 cm³/mol. The van der Waals surface area contributed by atoms with Crippen LogP contribution in [0.4, 0.5) is 15.3 Å². The molecule has 1 fully saturated rings. The quantitative estimate of drug-likeness (QED) is 0.559. The van der Waals surface area contributed by atoms with Crippen LogP contribution in [0.25, 0.3) is 5.57 Å². The van der Waals surface area contributed by atoms with E-state index in [-0.39, 0.29) is 25.5 Å². The molecule has 1 saturated carbocycles. The Labute approximate surface area is 198 Å². The molecular formula is C25H30N2O7. The number of hydrogen-bond acceptors (Lipinski definition) is 7. The van der Waals surface area contributed by atoms with Crippen molar-refractivity contribution in [2.24, 2.45) is 0 Å². The molecule has 0 unspecified atom stereocenters. The number of anilines is 1. The third kappa shape index (κ3) is 3.32. The number of carbonyl (C=O) groups is 3. The number of hydrogen-bond donors (Lipinski definition) is 0. The first-order valence-electron chi connectivity index (χ1n) is 11.5. The highest BCUT2D eigenvalue weighted by molar-refractivity contribution is 6.11. The van der Waals surface area contributed by atoms with Gasteiger partial charge in [0.1, 0.15) is 22.8 Å². The summed E-state index contributed by atoms with van der Waals surface area (Å²) in [4.78, 5) is 43.2. The number of fused-ring (bicyclic) bond motifs is 3. The van der Waals surface area contributed by atoms with E-state index in [2.05, 4.69) is 0 Å². The van der Waals surface area contributed by atoms with Crippen LogP contribution >= 0.6 is 0 Å². The van der Waals surface area contributed by atoms with Crippen LogP contribution in [-0.2, 0) is 14.3 Å². The molecule has 0 N–H and O–H groups in total. The van der Waals surface area contributed by atoms with Crippen LogP contribution in [-0.4, -0.2) is 59.0 Å². The largest absolute Gasteiger partial charge is 0.454 e. The first kappa shape index (κ1) is 22.6. The fourth-order valence-electron chi connectivity index (χ4n) is 5.35. The zero-order chi connectivity index (χ0) is 24.6. The van der Waals surface area contributed by atoms with Crippen molar-refractivity contribution >= 4 is 29.2 Å². The Morgan fingerprint density at radius 2 is 1.62 bits per heavy atom. The maximum atomic E-state index is 13.7. The van der Waals surface area contributed by atoms with E-state index in [4.69, 9.17) is 18.9 Å². The molecular weight excluding hydrogens is 440 g/mol. The Morgan fingerprint density at radius 1 is 1.00 bits per heavy atom. The summed E-state index contributed by atoms with van der Waals surface area (Å²) >= 11 is 0. The molecule has 34 heavy (non-hydrogen) atoms. The normalized spacial score (nSPS) is 24.9. The molecule has 9 nitrogen and oxygen atoms in total. The standard InChI is InChI=1S/C25H30N2O7/c1-23(2,3)33-21(29)26-10-8-15-14-11-18-19(32-13-31-18)12-16(14)27(22(30)34-24(4,5)6)25(15)9-7-17(28)20(25)26/h8,11-12,20H,7,9-10,13H2,1-6H3/t20-,25+/m0/s1. The van der Waals surface area contributed by atoms with Crippen LogP contribution in [0.5, 0.6) is 11.5 Å². The highest BCUT2D eigenvalue weighted by Gasteiger charge is 2.65. The van der Waals surface area contributed by atoms with E-state index in [1.807, 2.05) is 12.1 Å². The second kappa shape index (κ2) is 7.13. The van der Waals surface area contributed by atoms with Crippen LogP contribution in [0.3, 0.4) is 0 Å². The van der Waals surface area contributed by atoms with Crippen molar-refractivity contribution in [1.82, 2.24) is 4.90 Å². The fourth-order valence-corrected chi connectivity index (χ4v) is 5.35. The van der Waals surface area contributed by atoms with Gasteiger partial charge in [0.15, 0.2) is 17.3 Å². The zero-order valence-corrected chi connectivity index (χ0v) is 20.4. The van der Waals surface area contributed by atoms with E-state index >= 15 is 0 Å². The molecule has 3 heterocycles. The van der Waals surface area contributed by atoms with Gasteiger partial charge in [-0.2, -0.15) is 0 Å². The monoisotopic (exact) mass is 470 g/mol. The highest BCUT2D eigenvalue weighted by atomic mass is 16.7. The average Bonchev–Trinajstić information content (AvgIpc) is 3.36. The molecule has 1 aromatic carbocycles. The van der Waals surface area contributed by atoms with E-state index < -0.39 is 35.0 Å². The third-order valence-corrected chi connectivity index (χ3v) is 6.41. The summed E-state index contributed by atoms with van der Waals surface area (Å²) in [5.74, 6) is 0.988. The van der Waals surface area contributed by atoms with Crippen molar-refractivity contribution in [2.45, 2.75) is 77.2 Å². The lowest BCUT2D eigenvalue weighted by atomic mass is 9.79. The number of rotatable bonds is 0. The topological polar surface area (TPSA) is 94.6 Å². The predicted octanol–water partition coefficient (Wildman–Crippen LogP) is 4.27. The van der Waals surface area contributed by atoms with Crippen LogP contribution in [0.1, 0.15) is 59.9 Å². The van der Waals surface area contributed by atoms with E-state index in [0.29, 0.717) is 23.6 Å². The summed E-state index contributed by atoms with van der Waals surface area (Å²) in [6.07, 6.45) is 1.33. The summed E-state index contributed by atoms with van der Waals surface area (Å²) in [6, 6.07) is 2.71. The average molecular weight is 471 g/mol. The molecule has 0 radical (unpaired) electrons. The Kier molecular flexibility index (Phi) is 4.73. The number of amides is 2. The van der Waals surface area contributed by atoms with Gasteiger partial charge >= 0.3 is 12.2 Å². The van der Waals surface area contributed by atoms with Gasteiger partial charge in [-0.1, -0.05) is 6.08 Å². The smallest absolute Gasteiger partial charge is 0.415 e. The van der Waals surface area contributed by atoms with Crippen LogP contribution < -0.4 is 14.4 Å². The lowest BCUT2D eigenvalue weighted by Gasteiger charge is -2.47. The number of carbonyl (C=O) groups excluding carboxylic acids is 3. The van der Waals surface area contributed by atoms with Crippen LogP contribution in [0.2, 0.25) is 0 Å². The van der Waals surface area contributed by atoms with Crippen molar-refractivity contribution in [3.05, 3.63) is 23.8 Å². The van der Waals surface area contributed by atoms with Gasteiger partial charge < -0.3 is 18.9 Å². The Bertz CT molecular complexity index is 1130. The number of benzene rings is 1. The van der Waals surface area contributed by atoms with Gasteiger partial charge in [0.05, 0.1) is 5.69 Å². The van der Waals surface area contributed by atoms with Crippen LogP contribution in [0.15, 0.2) is 18.2 Å². The van der Waals surface area contributed by atoms with E-state index in [9.17, 15) is 14.4 Å². The lowest BCUT2D eigenvalue weighted by molar-refractivity contribution is -0.122. The molecule has 2 amide bonds. The number of ketones is 1. The molecule has 4 aliphatic rings. The summed E-state index contributed by atoms with van der Waals surface area (Å²) in [6.45, 7) is 11.0. The first-order valence-corrected chi connectivity index (χ1v) is 11.5. The molecule has 1 aromatic rings. The summed E-state index contributed by atoms with van der Waals surface area (Å²) in [5, 5.41) is 0. The van der Waals surface area contributed by atoms with Gasteiger partial charge in [0, 0.05) is 24.6 Å². The van der Waals surface area contributed by atoms with Gasteiger partial charge in [-0.25, -0.2) is 9.59 Å². The van der Waals surface area contributed by atoms with Crippen molar-refractivity contribution in [3.63, 3.8) is 0 Å². The molecule has 1 aliphatic carbocycles. The fraction of sp³-hybridized carbons (Fsp3) is 0.560. The highest BCUT2D eigenvalue weighted by Crippen LogP contribution is 2.59. The van der Waals surface area contributed by atoms with Gasteiger partial charge in [-0.15, -0.1) is 0 Å². The third-order valence-electron chi connectivity index (χ3n) is 6.41. The summed E-state index contributed by atoms with van der Waals surface area (Å²) in [7, 11) is 0. The SMILES string of the molecule is CC(C)(C)OC(=O)N1CC=C2c3cc4c(cc3N(C(=O)OC(C)(C)C)[C@]23CCC(=O)[C@H]13)OCO4. The minimum atomic E-state index is -1.09. The molecule has 3 aliphatic heterocycles. The Hall–Kier alpha value is -3.23. The Morgan fingerprint density at radius 3 is 2.26 bits per heavy atom. The maximum absolute atomic E-state index is 13.7. The summed E-state index contributed by atoms with van der Waals surface area (Å²) in [5.41, 5.74) is -0.397. The maximum Gasteiger partial charge on any atom is 0.415 e. The Balaban J connectivity index is 1.67. The molecule has 0 aromatic heterocycles. The second-order valence-electron chi connectivity index (χ2n) is 11.1. The van der Waals surface area contributed by atoms with Crippen LogP contribution in [0, 0.1) is 0 Å². The minimum Gasteiger partial charge on any atom is -0.454 e.